The molecule has 1 N–H and O–H groups in total. The average molecular weight is 335 g/mol. The fourth-order valence-electron chi connectivity index (χ4n) is 2.82. The van der Waals surface area contributed by atoms with Gasteiger partial charge in [0, 0.05) is 18.5 Å². The van der Waals surface area contributed by atoms with Crippen LogP contribution in [-0.4, -0.2) is 17.5 Å². The summed E-state index contributed by atoms with van der Waals surface area (Å²) in [6.07, 6.45) is 1.45. The number of rotatable bonds is 4. The molecule has 0 aromatic heterocycles. The van der Waals surface area contributed by atoms with Gasteiger partial charge < -0.3 is 5.32 Å². The molecule has 0 aliphatic carbocycles. The summed E-state index contributed by atoms with van der Waals surface area (Å²) >= 11 is 0. The topological polar surface area (TPSA) is 61.8 Å². The van der Waals surface area contributed by atoms with Gasteiger partial charge in [0.15, 0.2) is 0 Å². The van der Waals surface area contributed by atoms with Gasteiger partial charge >= 0.3 is 0 Å². The number of aryl methyl sites for hydroxylation is 2. The molecule has 0 unspecified atom stereocenters. The number of amides is 2. The van der Waals surface area contributed by atoms with E-state index < -0.39 is 0 Å². The molecule has 0 saturated heterocycles. The number of hydrogen-bond donors (Lipinski definition) is 1. The molecule has 3 rings (SSSR count). The third-order valence-electron chi connectivity index (χ3n) is 4.19. The Bertz CT molecular complexity index is 842. The van der Waals surface area contributed by atoms with Crippen molar-refractivity contribution in [1.82, 2.24) is 0 Å². The Morgan fingerprint density at radius 3 is 2.72 bits per heavy atom. The lowest BCUT2D eigenvalue weighted by Crippen LogP contribution is -2.36. The smallest absolute Gasteiger partial charge is 0.271 e. The highest BCUT2D eigenvalue weighted by molar-refractivity contribution is 6.44. The molecule has 1 aliphatic rings. The summed E-state index contributed by atoms with van der Waals surface area (Å²) in [6.45, 7) is 4.00. The van der Waals surface area contributed by atoms with E-state index in [1.807, 2.05) is 62.4 Å². The largest absolute Gasteiger partial charge is 0.321 e. The summed E-state index contributed by atoms with van der Waals surface area (Å²) in [5.41, 5.74) is 3.94. The van der Waals surface area contributed by atoms with E-state index in [0.717, 1.165) is 23.2 Å². The highest BCUT2D eigenvalue weighted by Crippen LogP contribution is 2.22. The lowest BCUT2D eigenvalue weighted by molar-refractivity contribution is -0.118. The first-order valence-electron chi connectivity index (χ1n) is 8.45. The van der Waals surface area contributed by atoms with Crippen LogP contribution in [0.4, 0.5) is 11.4 Å². The van der Waals surface area contributed by atoms with Gasteiger partial charge in [0.1, 0.15) is 5.71 Å². The van der Waals surface area contributed by atoms with Crippen LogP contribution in [0.3, 0.4) is 0 Å². The first-order valence-corrected chi connectivity index (χ1v) is 8.45. The fourth-order valence-corrected chi connectivity index (χ4v) is 2.82. The fraction of sp³-hybridized carbons (Fsp3) is 0.250. The molecular weight excluding hydrogens is 314 g/mol. The van der Waals surface area contributed by atoms with Crippen LogP contribution in [-0.2, 0) is 16.0 Å². The number of carbonyl (C=O) groups is 2. The molecule has 2 aromatic rings. The third-order valence-corrected chi connectivity index (χ3v) is 4.19. The predicted octanol–water partition coefficient (Wildman–Crippen LogP) is 3.68. The number of nitrogens with one attached hydrogen (secondary N) is 1. The first kappa shape index (κ1) is 16.9. The van der Waals surface area contributed by atoms with Crippen molar-refractivity contribution in [2.24, 2.45) is 5.10 Å². The van der Waals surface area contributed by atoms with Gasteiger partial charge in [-0.3, -0.25) is 9.59 Å². The van der Waals surface area contributed by atoms with Crippen molar-refractivity contribution >= 4 is 28.9 Å². The minimum atomic E-state index is -0.258. The number of hydrogen-bond acceptors (Lipinski definition) is 3. The monoisotopic (exact) mass is 335 g/mol. The maximum Gasteiger partial charge on any atom is 0.271 e. The van der Waals surface area contributed by atoms with Crippen molar-refractivity contribution in [2.75, 3.05) is 10.3 Å². The molecule has 1 heterocycles. The molecule has 0 saturated carbocycles. The summed E-state index contributed by atoms with van der Waals surface area (Å²) in [4.78, 5) is 24.8. The summed E-state index contributed by atoms with van der Waals surface area (Å²) in [5.74, 6) is -0.359. The molecule has 0 bridgehead atoms. The number of para-hydroxylation sites is 1. The van der Waals surface area contributed by atoms with E-state index in [1.165, 1.54) is 5.01 Å². The van der Waals surface area contributed by atoms with E-state index in [0.29, 0.717) is 17.8 Å². The molecule has 1 aliphatic heterocycles. The van der Waals surface area contributed by atoms with Crippen LogP contribution < -0.4 is 10.3 Å². The maximum atomic E-state index is 12.6. The number of anilines is 2. The van der Waals surface area contributed by atoms with E-state index in [-0.39, 0.29) is 18.2 Å². The van der Waals surface area contributed by atoms with Gasteiger partial charge in [0.05, 0.1) is 5.69 Å². The van der Waals surface area contributed by atoms with Gasteiger partial charge in [-0.15, -0.1) is 0 Å². The standard InChI is InChI=1S/C20H21N3O2/c1-3-15-8-4-5-10-17(15)21-20(25)18-11-12-19(24)23(22-18)16-9-6-7-14(2)13-16/h4-10,13H,3,11-12H2,1-2H3,(H,21,25). The molecular formula is C20H21N3O2. The third kappa shape index (κ3) is 3.76. The highest BCUT2D eigenvalue weighted by Gasteiger charge is 2.25. The Morgan fingerprint density at radius 2 is 1.96 bits per heavy atom. The molecule has 5 heteroatoms. The molecule has 0 radical (unpaired) electrons. The predicted molar refractivity (Wildman–Crippen MR) is 99.8 cm³/mol. The molecule has 2 amide bonds. The Morgan fingerprint density at radius 1 is 1.16 bits per heavy atom. The second-order valence-electron chi connectivity index (χ2n) is 6.06. The Balaban J connectivity index is 1.85. The number of carbonyl (C=O) groups excluding carboxylic acids is 2. The summed E-state index contributed by atoms with van der Waals surface area (Å²) in [6, 6.07) is 15.2. The lowest BCUT2D eigenvalue weighted by atomic mass is 10.1. The van der Waals surface area contributed by atoms with Gasteiger partial charge in [0.25, 0.3) is 5.91 Å². The van der Waals surface area contributed by atoms with Crippen LogP contribution in [0.1, 0.15) is 30.9 Å². The van der Waals surface area contributed by atoms with Gasteiger partial charge in [-0.25, -0.2) is 5.01 Å². The normalized spacial score (nSPS) is 14.2. The van der Waals surface area contributed by atoms with Crippen LogP contribution >= 0.6 is 0 Å². The SMILES string of the molecule is CCc1ccccc1NC(=O)C1=NN(c2cccc(C)c2)C(=O)CC1. The Hall–Kier alpha value is -2.95. The van der Waals surface area contributed by atoms with Crippen LogP contribution in [0.5, 0.6) is 0 Å². The number of benzene rings is 2. The highest BCUT2D eigenvalue weighted by atomic mass is 16.2. The lowest BCUT2D eigenvalue weighted by Gasteiger charge is -2.23. The molecule has 5 nitrogen and oxygen atoms in total. The Labute approximate surface area is 147 Å². The summed E-state index contributed by atoms with van der Waals surface area (Å²) in [5, 5.41) is 8.57. The van der Waals surface area contributed by atoms with Crippen molar-refractivity contribution in [3.05, 3.63) is 59.7 Å². The van der Waals surface area contributed by atoms with Crippen molar-refractivity contribution < 1.29 is 9.59 Å². The molecule has 128 valence electrons. The van der Waals surface area contributed by atoms with Crippen molar-refractivity contribution in [1.29, 1.82) is 0 Å². The molecule has 0 atom stereocenters. The van der Waals surface area contributed by atoms with E-state index in [4.69, 9.17) is 0 Å². The molecule has 2 aromatic carbocycles. The minimum Gasteiger partial charge on any atom is -0.321 e. The quantitative estimate of drug-likeness (QED) is 0.926. The van der Waals surface area contributed by atoms with E-state index >= 15 is 0 Å². The van der Waals surface area contributed by atoms with E-state index in [9.17, 15) is 9.59 Å². The van der Waals surface area contributed by atoms with E-state index in [1.54, 1.807) is 0 Å². The van der Waals surface area contributed by atoms with Crippen molar-refractivity contribution in [3.63, 3.8) is 0 Å². The zero-order valence-electron chi connectivity index (χ0n) is 14.5. The van der Waals surface area contributed by atoms with Crippen LogP contribution in [0.15, 0.2) is 53.6 Å². The van der Waals surface area contributed by atoms with Crippen molar-refractivity contribution in [3.8, 4) is 0 Å². The second-order valence-corrected chi connectivity index (χ2v) is 6.06. The van der Waals surface area contributed by atoms with Gasteiger partial charge in [-0.05, 0) is 42.7 Å². The molecule has 0 fully saturated rings. The summed E-state index contributed by atoms with van der Waals surface area (Å²) in [7, 11) is 0. The van der Waals surface area contributed by atoms with Crippen LogP contribution in [0.25, 0.3) is 0 Å². The van der Waals surface area contributed by atoms with Gasteiger partial charge in [0.2, 0.25) is 5.91 Å². The number of hydrazone groups is 1. The van der Waals surface area contributed by atoms with E-state index in [2.05, 4.69) is 10.4 Å². The Kier molecular flexibility index (Phi) is 4.93. The first-order chi connectivity index (χ1) is 12.1. The van der Waals surface area contributed by atoms with Crippen LogP contribution in [0, 0.1) is 6.92 Å². The minimum absolute atomic E-state index is 0.101. The van der Waals surface area contributed by atoms with Crippen LogP contribution in [0.2, 0.25) is 0 Å². The van der Waals surface area contributed by atoms with Gasteiger partial charge in [-0.2, -0.15) is 5.10 Å². The average Bonchev–Trinajstić information content (AvgIpc) is 2.62. The maximum absolute atomic E-state index is 12.6. The zero-order chi connectivity index (χ0) is 17.8. The van der Waals surface area contributed by atoms with Gasteiger partial charge in [-0.1, -0.05) is 37.3 Å². The van der Waals surface area contributed by atoms with Crippen molar-refractivity contribution in [2.45, 2.75) is 33.1 Å². The molecule has 25 heavy (non-hydrogen) atoms. The molecule has 0 spiro atoms. The zero-order valence-corrected chi connectivity index (χ0v) is 14.5. The second kappa shape index (κ2) is 7.30. The summed E-state index contributed by atoms with van der Waals surface area (Å²) < 4.78 is 0. The number of nitrogens with zero attached hydrogens (tertiary/aromatic N) is 2.